The molecule has 2 aliphatic heterocycles. The number of fused-ring (bicyclic) bond motifs is 1. The van der Waals surface area contributed by atoms with Crippen LogP contribution in [0.3, 0.4) is 0 Å². The summed E-state index contributed by atoms with van der Waals surface area (Å²) in [6, 6.07) is 6.26. The minimum atomic E-state index is -0.290. The van der Waals surface area contributed by atoms with Gasteiger partial charge in [-0.2, -0.15) is 0 Å². The molecule has 1 aromatic rings. The largest absolute Gasteiger partial charge is 0.497 e. The van der Waals surface area contributed by atoms with Gasteiger partial charge in [-0.3, -0.25) is 9.69 Å². The van der Waals surface area contributed by atoms with E-state index in [1.807, 2.05) is 12.1 Å². The lowest BCUT2D eigenvalue weighted by molar-refractivity contribution is 0.0453. The molecule has 0 N–H and O–H groups in total. The van der Waals surface area contributed by atoms with Gasteiger partial charge >= 0.3 is 0 Å². The highest BCUT2D eigenvalue weighted by molar-refractivity contribution is 6.00. The van der Waals surface area contributed by atoms with E-state index in [0.29, 0.717) is 17.7 Å². The third-order valence-corrected chi connectivity index (χ3v) is 4.71. The number of nitrogens with zero attached hydrogens (tertiary/aromatic N) is 1. The number of hydrogen-bond donors (Lipinski definition) is 0. The average Bonchev–Trinajstić information content (AvgIpc) is 3.22. The van der Waals surface area contributed by atoms with E-state index in [9.17, 15) is 4.79 Å². The van der Waals surface area contributed by atoms with Crippen molar-refractivity contribution >= 4 is 5.78 Å². The SMILES string of the molecule is COc1ccc2c(c1)C(=O)CC1(CCN(C3CC3)C1)O2. The summed E-state index contributed by atoms with van der Waals surface area (Å²) < 4.78 is 11.4. The lowest BCUT2D eigenvalue weighted by atomic mass is 9.89. The van der Waals surface area contributed by atoms with Gasteiger partial charge in [-0.25, -0.2) is 0 Å². The maximum absolute atomic E-state index is 12.5. The number of methoxy groups -OCH3 is 1. The number of carbonyl (C=O) groups is 1. The molecule has 1 aromatic carbocycles. The van der Waals surface area contributed by atoms with Crippen LogP contribution in [0.1, 0.15) is 36.0 Å². The van der Waals surface area contributed by atoms with Crippen molar-refractivity contribution in [2.24, 2.45) is 0 Å². The fourth-order valence-corrected chi connectivity index (χ4v) is 3.45. The van der Waals surface area contributed by atoms with Gasteiger partial charge < -0.3 is 9.47 Å². The number of ketones is 1. The van der Waals surface area contributed by atoms with Crippen molar-refractivity contribution in [1.82, 2.24) is 4.90 Å². The Labute approximate surface area is 118 Å². The Morgan fingerprint density at radius 2 is 2.25 bits per heavy atom. The van der Waals surface area contributed by atoms with Gasteiger partial charge in [0.2, 0.25) is 0 Å². The van der Waals surface area contributed by atoms with E-state index in [1.165, 1.54) is 12.8 Å². The van der Waals surface area contributed by atoms with Crippen LogP contribution in [-0.2, 0) is 0 Å². The first-order chi connectivity index (χ1) is 9.69. The van der Waals surface area contributed by atoms with Crippen LogP contribution in [0.4, 0.5) is 0 Å². The van der Waals surface area contributed by atoms with E-state index in [-0.39, 0.29) is 11.4 Å². The quantitative estimate of drug-likeness (QED) is 0.828. The van der Waals surface area contributed by atoms with E-state index in [1.54, 1.807) is 13.2 Å². The monoisotopic (exact) mass is 273 g/mol. The fraction of sp³-hybridized carbons (Fsp3) is 0.562. The molecule has 4 nitrogen and oxygen atoms in total. The molecule has 3 aliphatic rings. The number of likely N-dealkylation sites (tertiary alicyclic amines) is 1. The molecule has 1 saturated carbocycles. The standard InChI is InChI=1S/C16H19NO3/c1-19-12-4-5-15-13(8-12)14(18)9-16(20-15)6-7-17(10-16)11-2-3-11/h4-5,8,11H,2-3,6-7,9-10H2,1H3. The predicted octanol–water partition coefficient (Wildman–Crippen LogP) is 2.27. The third kappa shape index (κ3) is 1.90. The Morgan fingerprint density at radius 1 is 1.40 bits per heavy atom. The minimum absolute atomic E-state index is 0.183. The molecule has 20 heavy (non-hydrogen) atoms. The van der Waals surface area contributed by atoms with Crippen LogP contribution >= 0.6 is 0 Å². The topological polar surface area (TPSA) is 38.8 Å². The van der Waals surface area contributed by atoms with E-state index < -0.39 is 0 Å². The molecule has 0 radical (unpaired) electrons. The van der Waals surface area contributed by atoms with Crippen LogP contribution in [0.5, 0.6) is 11.5 Å². The summed E-state index contributed by atoms with van der Waals surface area (Å²) in [6.07, 6.45) is 4.06. The molecule has 1 atom stereocenters. The second kappa shape index (κ2) is 4.22. The zero-order valence-electron chi connectivity index (χ0n) is 11.7. The van der Waals surface area contributed by atoms with Crippen LogP contribution in [-0.4, -0.2) is 42.5 Å². The van der Waals surface area contributed by atoms with Crippen molar-refractivity contribution in [1.29, 1.82) is 0 Å². The lowest BCUT2D eigenvalue weighted by Gasteiger charge is -2.35. The molecular formula is C16H19NO3. The summed E-state index contributed by atoms with van der Waals surface area (Å²) in [4.78, 5) is 14.9. The molecule has 1 spiro atoms. The van der Waals surface area contributed by atoms with Crippen LogP contribution in [0.25, 0.3) is 0 Å². The van der Waals surface area contributed by atoms with Crippen molar-refractivity contribution < 1.29 is 14.3 Å². The van der Waals surface area contributed by atoms with Crippen LogP contribution in [0.2, 0.25) is 0 Å². The summed E-state index contributed by atoms with van der Waals surface area (Å²) in [5.74, 6) is 1.62. The molecule has 106 valence electrons. The Morgan fingerprint density at radius 3 is 3.00 bits per heavy atom. The average molecular weight is 273 g/mol. The summed E-state index contributed by atoms with van der Waals surface area (Å²) in [5.41, 5.74) is 0.376. The highest BCUT2D eigenvalue weighted by atomic mass is 16.5. The predicted molar refractivity (Wildman–Crippen MR) is 74.5 cm³/mol. The summed E-state index contributed by atoms with van der Waals surface area (Å²) >= 11 is 0. The molecule has 0 bridgehead atoms. The fourth-order valence-electron chi connectivity index (χ4n) is 3.45. The summed E-state index contributed by atoms with van der Waals surface area (Å²) in [7, 11) is 1.61. The first kappa shape index (κ1) is 12.2. The van der Waals surface area contributed by atoms with Gasteiger partial charge in [0.15, 0.2) is 5.78 Å². The summed E-state index contributed by atoms with van der Waals surface area (Å²) in [6.45, 7) is 1.96. The second-order valence-electron chi connectivity index (χ2n) is 6.20. The first-order valence-corrected chi connectivity index (χ1v) is 7.33. The highest BCUT2D eigenvalue weighted by Crippen LogP contribution is 2.42. The lowest BCUT2D eigenvalue weighted by Crippen LogP contribution is -2.44. The summed E-state index contributed by atoms with van der Waals surface area (Å²) in [5, 5.41) is 0. The number of rotatable bonds is 2. The Balaban J connectivity index is 1.62. The molecule has 2 heterocycles. The van der Waals surface area contributed by atoms with Gasteiger partial charge in [0.05, 0.1) is 19.1 Å². The minimum Gasteiger partial charge on any atom is -0.497 e. The van der Waals surface area contributed by atoms with Crippen LogP contribution < -0.4 is 9.47 Å². The van der Waals surface area contributed by atoms with Gasteiger partial charge in [-0.05, 0) is 31.0 Å². The smallest absolute Gasteiger partial charge is 0.170 e. The number of Topliss-reactive ketones (excluding diaryl/α,β-unsaturated/α-hetero) is 1. The maximum Gasteiger partial charge on any atom is 0.170 e. The van der Waals surface area contributed by atoms with Crippen LogP contribution in [0.15, 0.2) is 18.2 Å². The maximum atomic E-state index is 12.5. The number of benzene rings is 1. The normalized spacial score (nSPS) is 29.4. The molecule has 0 amide bonds. The molecule has 1 aliphatic carbocycles. The van der Waals surface area contributed by atoms with E-state index in [0.717, 1.165) is 31.3 Å². The molecule has 1 unspecified atom stereocenters. The van der Waals surface area contributed by atoms with E-state index >= 15 is 0 Å². The van der Waals surface area contributed by atoms with Gasteiger partial charge in [0.1, 0.15) is 17.1 Å². The second-order valence-corrected chi connectivity index (χ2v) is 6.20. The van der Waals surface area contributed by atoms with Gasteiger partial charge in [-0.15, -0.1) is 0 Å². The van der Waals surface area contributed by atoms with Gasteiger partial charge in [0, 0.05) is 25.6 Å². The number of ether oxygens (including phenoxy) is 2. The molecule has 4 heteroatoms. The van der Waals surface area contributed by atoms with Crippen molar-refractivity contribution in [2.75, 3.05) is 20.2 Å². The zero-order chi connectivity index (χ0) is 13.7. The van der Waals surface area contributed by atoms with E-state index in [4.69, 9.17) is 9.47 Å². The Bertz CT molecular complexity index is 567. The van der Waals surface area contributed by atoms with Crippen molar-refractivity contribution in [3.8, 4) is 11.5 Å². The Hall–Kier alpha value is -1.55. The first-order valence-electron chi connectivity index (χ1n) is 7.33. The zero-order valence-corrected chi connectivity index (χ0v) is 11.7. The molecule has 1 saturated heterocycles. The molecular weight excluding hydrogens is 254 g/mol. The molecule has 2 fully saturated rings. The van der Waals surface area contributed by atoms with Crippen molar-refractivity contribution in [3.05, 3.63) is 23.8 Å². The molecule has 0 aromatic heterocycles. The number of carbonyl (C=O) groups excluding carboxylic acids is 1. The Kier molecular flexibility index (Phi) is 2.58. The highest BCUT2D eigenvalue weighted by Gasteiger charge is 2.48. The third-order valence-electron chi connectivity index (χ3n) is 4.71. The van der Waals surface area contributed by atoms with Crippen molar-refractivity contribution in [2.45, 2.75) is 37.3 Å². The van der Waals surface area contributed by atoms with Gasteiger partial charge in [-0.1, -0.05) is 0 Å². The van der Waals surface area contributed by atoms with Gasteiger partial charge in [0.25, 0.3) is 0 Å². The van der Waals surface area contributed by atoms with Crippen molar-refractivity contribution in [3.63, 3.8) is 0 Å². The van der Waals surface area contributed by atoms with E-state index in [2.05, 4.69) is 4.90 Å². The number of hydrogen-bond acceptors (Lipinski definition) is 4. The van der Waals surface area contributed by atoms with Crippen LogP contribution in [0, 0.1) is 0 Å². The molecule has 4 rings (SSSR count).